The predicted octanol–water partition coefficient (Wildman–Crippen LogP) is 2.30. The van der Waals surface area contributed by atoms with Gasteiger partial charge in [-0.1, -0.05) is 18.7 Å². The average Bonchev–Trinajstić information content (AvgIpc) is 2.41. The lowest BCUT2D eigenvalue weighted by atomic mass is 9.99. The maximum atomic E-state index is 11.0. The molecule has 1 rings (SSSR count). The fraction of sp³-hybridized carbons (Fsp3) is 0.400. The van der Waals surface area contributed by atoms with E-state index >= 15 is 0 Å². The SMILES string of the molecule is C=CC(=O)NCCSCc1c(C)ccc(CN)c1C. The highest BCUT2D eigenvalue weighted by Crippen LogP contribution is 2.22. The number of carbonyl (C=O) groups excluding carboxylic acids is 1. The van der Waals surface area contributed by atoms with Crippen LogP contribution >= 0.6 is 11.8 Å². The fourth-order valence-corrected chi connectivity index (χ4v) is 2.92. The molecule has 0 fully saturated rings. The molecule has 0 aromatic heterocycles. The third-order valence-electron chi connectivity index (χ3n) is 3.14. The average molecular weight is 278 g/mol. The van der Waals surface area contributed by atoms with E-state index in [0.29, 0.717) is 13.1 Å². The highest BCUT2D eigenvalue weighted by Gasteiger charge is 2.06. The Balaban J connectivity index is 2.49. The molecule has 0 aliphatic rings. The Morgan fingerprint density at radius 2 is 2.21 bits per heavy atom. The molecule has 4 heteroatoms. The van der Waals surface area contributed by atoms with Gasteiger partial charge in [-0.25, -0.2) is 0 Å². The third kappa shape index (κ3) is 4.73. The van der Waals surface area contributed by atoms with E-state index in [9.17, 15) is 4.79 Å². The molecule has 0 heterocycles. The van der Waals surface area contributed by atoms with E-state index in [1.165, 1.54) is 28.3 Å². The number of hydrogen-bond acceptors (Lipinski definition) is 3. The molecule has 0 saturated heterocycles. The molecule has 0 saturated carbocycles. The minimum absolute atomic E-state index is 0.113. The maximum absolute atomic E-state index is 11.0. The summed E-state index contributed by atoms with van der Waals surface area (Å²) >= 11 is 1.82. The largest absolute Gasteiger partial charge is 0.352 e. The van der Waals surface area contributed by atoms with E-state index in [-0.39, 0.29) is 5.91 Å². The van der Waals surface area contributed by atoms with Gasteiger partial charge >= 0.3 is 0 Å². The molecule has 0 aliphatic carbocycles. The summed E-state index contributed by atoms with van der Waals surface area (Å²) in [6.07, 6.45) is 1.30. The monoisotopic (exact) mass is 278 g/mol. The van der Waals surface area contributed by atoms with Gasteiger partial charge in [0.05, 0.1) is 0 Å². The predicted molar refractivity (Wildman–Crippen MR) is 83.2 cm³/mol. The van der Waals surface area contributed by atoms with Crippen LogP contribution in [-0.2, 0) is 17.1 Å². The van der Waals surface area contributed by atoms with Crippen molar-refractivity contribution in [2.24, 2.45) is 5.73 Å². The summed E-state index contributed by atoms with van der Waals surface area (Å²) in [5.74, 6) is 1.74. The summed E-state index contributed by atoms with van der Waals surface area (Å²) in [7, 11) is 0. The van der Waals surface area contributed by atoms with Crippen LogP contribution in [0.1, 0.15) is 22.3 Å². The summed E-state index contributed by atoms with van der Waals surface area (Å²) in [5.41, 5.74) is 10.9. The van der Waals surface area contributed by atoms with E-state index in [4.69, 9.17) is 5.73 Å². The summed E-state index contributed by atoms with van der Waals surface area (Å²) in [5, 5.41) is 2.77. The fourth-order valence-electron chi connectivity index (χ4n) is 1.88. The smallest absolute Gasteiger partial charge is 0.243 e. The molecule has 1 aromatic carbocycles. The molecule has 19 heavy (non-hydrogen) atoms. The van der Waals surface area contributed by atoms with Gasteiger partial charge in [0.2, 0.25) is 5.91 Å². The van der Waals surface area contributed by atoms with Crippen molar-refractivity contribution in [3.8, 4) is 0 Å². The van der Waals surface area contributed by atoms with Gasteiger partial charge in [0, 0.05) is 24.6 Å². The van der Waals surface area contributed by atoms with Gasteiger partial charge in [-0.05, 0) is 42.2 Å². The van der Waals surface area contributed by atoms with Crippen LogP contribution in [0, 0.1) is 13.8 Å². The summed E-state index contributed by atoms with van der Waals surface area (Å²) in [4.78, 5) is 11.0. The Bertz CT molecular complexity index is 458. The van der Waals surface area contributed by atoms with Crippen LogP contribution in [0.3, 0.4) is 0 Å². The van der Waals surface area contributed by atoms with Crippen molar-refractivity contribution in [2.75, 3.05) is 12.3 Å². The van der Waals surface area contributed by atoms with Crippen LogP contribution in [0.5, 0.6) is 0 Å². The molecule has 3 nitrogen and oxygen atoms in total. The first kappa shape index (κ1) is 15.8. The number of amides is 1. The molecule has 0 bridgehead atoms. The van der Waals surface area contributed by atoms with Crippen molar-refractivity contribution in [1.29, 1.82) is 0 Å². The van der Waals surface area contributed by atoms with Gasteiger partial charge in [0.1, 0.15) is 0 Å². The Morgan fingerprint density at radius 1 is 1.47 bits per heavy atom. The minimum atomic E-state index is -0.113. The van der Waals surface area contributed by atoms with E-state index in [0.717, 1.165) is 11.5 Å². The normalized spacial score (nSPS) is 10.3. The second-order valence-electron chi connectivity index (χ2n) is 4.40. The summed E-state index contributed by atoms with van der Waals surface area (Å²) < 4.78 is 0. The number of benzene rings is 1. The Morgan fingerprint density at radius 3 is 2.84 bits per heavy atom. The van der Waals surface area contributed by atoms with Gasteiger partial charge in [-0.15, -0.1) is 0 Å². The van der Waals surface area contributed by atoms with Crippen molar-refractivity contribution in [2.45, 2.75) is 26.1 Å². The molecule has 0 spiro atoms. The lowest BCUT2D eigenvalue weighted by Gasteiger charge is -2.13. The van der Waals surface area contributed by atoms with Crippen LogP contribution in [0.15, 0.2) is 24.8 Å². The van der Waals surface area contributed by atoms with Crippen molar-refractivity contribution in [3.05, 3.63) is 47.0 Å². The van der Waals surface area contributed by atoms with Crippen molar-refractivity contribution in [1.82, 2.24) is 5.32 Å². The van der Waals surface area contributed by atoms with Crippen LogP contribution in [0.2, 0.25) is 0 Å². The Labute approximate surface area is 119 Å². The molecule has 1 amide bonds. The Hall–Kier alpha value is -1.26. The summed E-state index contributed by atoms with van der Waals surface area (Å²) in [6.45, 7) is 8.93. The van der Waals surface area contributed by atoms with Crippen LogP contribution in [0.25, 0.3) is 0 Å². The maximum Gasteiger partial charge on any atom is 0.243 e. The molecule has 0 atom stereocenters. The van der Waals surface area contributed by atoms with Gasteiger partial charge < -0.3 is 11.1 Å². The first-order chi connectivity index (χ1) is 9.10. The molecular formula is C15H22N2OS. The lowest BCUT2D eigenvalue weighted by molar-refractivity contribution is -0.116. The van der Waals surface area contributed by atoms with E-state index in [1.807, 2.05) is 11.8 Å². The van der Waals surface area contributed by atoms with E-state index in [2.05, 4.69) is 37.9 Å². The molecule has 3 N–H and O–H groups in total. The number of nitrogens with one attached hydrogen (secondary N) is 1. The second kappa shape index (κ2) is 8.02. The second-order valence-corrected chi connectivity index (χ2v) is 5.50. The molecule has 0 radical (unpaired) electrons. The Kier molecular flexibility index (Phi) is 6.67. The zero-order valence-corrected chi connectivity index (χ0v) is 12.5. The van der Waals surface area contributed by atoms with E-state index in [1.54, 1.807) is 0 Å². The minimum Gasteiger partial charge on any atom is -0.352 e. The van der Waals surface area contributed by atoms with Crippen LogP contribution in [-0.4, -0.2) is 18.2 Å². The first-order valence-corrected chi connectivity index (χ1v) is 7.51. The van der Waals surface area contributed by atoms with Gasteiger partial charge in [0.15, 0.2) is 0 Å². The molecule has 104 valence electrons. The number of carbonyl (C=O) groups is 1. The molecule has 0 aliphatic heterocycles. The zero-order chi connectivity index (χ0) is 14.3. The van der Waals surface area contributed by atoms with Gasteiger partial charge in [-0.2, -0.15) is 11.8 Å². The summed E-state index contributed by atoms with van der Waals surface area (Å²) in [6, 6.07) is 4.23. The number of thioether (sulfide) groups is 1. The standard InChI is InChI=1S/C15H22N2OS/c1-4-15(18)17-7-8-19-10-14-11(2)5-6-13(9-16)12(14)3/h4-6H,1,7-10,16H2,2-3H3,(H,17,18). The van der Waals surface area contributed by atoms with Crippen molar-refractivity contribution in [3.63, 3.8) is 0 Å². The van der Waals surface area contributed by atoms with Gasteiger partial charge in [0.25, 0.3) is 0 Å². The topological polar surface area (TPSA) is 55.1 Å². The molecule has 1 aromatic rings. The van der Waals surface area contributed by atoms with Crippen LogP contribution < -0.4 is 11.1 Å². The van der Waals surface area contributed by atoms with E-state index < -0.39 is 0 Å². The van der Waals surface area contributed by atoms with Gasteiger partial charge in [-0.3, -0.25) is 4.79 Å². The van der Waals surface area contributed by atoms with Crippen molar-refractivity contribution >= 4 is 17.7 Å². The third-order valence-corrected chi connectivity index (χ3v) is 4.13. The number of hydrogen-bond donors (Lipinski definition) is 2. The number of nitrogens with two attached hydrogens (primary N) is 1. The van der Waals surface area contributed by atoms with Crippen LogP contribution in [0.4, 0.5) is 0 Å². The quantitative estimate of drug-likeness (QED) is 0.594. The lowest BCUT2D eigenvalue weighted by Crippen LogP contribution is -2.23. The van der Waals surface area contributed by atoms with Crippen molar-refractivity contribution < 1.29 is 4.79 Å². The number of aryl methyl sites for hydroxylation is 1. The zero-order valence-electron chi connectivity index (χ0n) is 11.7. The first-order valence-electron chi connectivity index (χ1n) is 6.36. The highest BCUT2D eigenvalue weighted by atomic mass is 32.2. The molecule has 0 unspecified atom stereocenters. The highest BCUT2D eigenvalue weighted by molar-refractivity contribution is 7.98. The number of rotatable bonds is 7. The molecular weight excluding hydrogens is 256 g/mol.